The number of aromatic nitrogens is 1. The predicted molar refractivity (Wildman–Crippen MR) is 87.7 cm³/mol. The Labute approximate surface area is 137 Å². The van der Waals surface area contributed by atoms with Crippen LogP contribution in [0.3, 0.4) is 0 Å². The summed E-state index contributed by atoms with van der Waals surface area (Å²) < 4.78 is 24.2. The Balaban J connectivity index is 1.76. The standard InChI is InChI=1S/C16H23N3O3S/c1-2-6-18-7-8-19(15-12-23(21,22)11-14(15)18)16(20)9-13-4-3-5-17-10-13/h3-5,10,14-15H,2,6-9,11-12H2,1H3/t14-,15+/m0/s1. The SMILES string of the molecule is CCCN1CCN(C(=O)Cc2cccnc2)[C@@H]2CS(=O)(=O)C[C@@H]21. The van der Waals surface area contributed by atoms with E-state index < -0.39 is 9.84 Å². The smallest absolute Gasteiger partial charge is 0.227 e. The highest BCUT2D eigenvalue weighted by molar-refractivity contribution is 7.91. The van der Waals surface area contributed by atoms with Crippen LogP contribution in [0.2, 0.25) is 0 Å². The van der Waals surface area contributed by atoms with Gasteiger partial charge in [-0.25, -0.2) is 8.42 Å². The van der Waals surface area contributed by atoms with Crippen LogP contribution in [-0.2, 0) is 21.1 Å². The molecule has 23 heavy (non-hydrogen) atoms. The molecule has 6 nitrogen and oxygen atoms in total. The fourth-order valence-electron chi connectivity index (χ4n) is 3.68. The molecule has 0 N–H and O–H groups in total. The molecule has 1 aromatic rings. The summed E-state index contributed by atoms with van der Waals surface area (Å²) in [6.45, 7) is 4.35. The third-order valence-corrected chi connectivity index (χ3v) is 6.40. The molecule has 2 aliphatic heterocycles. The molecule has 0 saturated carbocycles. The van der Waals surface area contributed by atoms with E-state index >= 15 is 0 Å². The predicted octanol–water partition coefficient (Wildman–Crippen LogP) is 0.344. The van der Waals surface area contributed by atoms with Crippen LogP contribution in [0.25, 0.3) is 0 Å². The van der Waals surface area contributed by atoms with Crippen molar-refractivity contribution in [2.24, 2.45) is 0 Å². The Morgan fingerprint density at radius 1 is 1.30 bits per heavy atom. The van der Waals surface area contributed by atoms with Gasteiger partial charge >= 0.3 is 0 Å². The van der Waals surface area contributed by atoms with Gasteiger partial charge in [0.05, 0.1) is 24.0 Å². The molecule has 1 aromatic heterocycles. The molecule has 0 radical (unpaired) electrons. The number of sulfone groups is 1. The molecule has 0 aliphatic carbocycles. The second kappa shape index (κ2) is 6.57. The van der Waals surface area contributed by atoms with Crippen molar-refractivity contribution in [2.45, 2.75) is 31.8 Å². The fraction of sp³-hybridized carbons (Fsp3) is 0.625. The lowest BCUT2D eigenvalue weighted by Gasteiger charge is -2.44. The highest BCUT2D eigenvalue weighted by Crippen LogP contribution is 2.27. The van der Waals surface area contributed by atoms with Crippen molar-refractivity contribution in [3.63, 3.8) is 0 Å². The first-order valence-corrected chi connectivity index (χ1v) is 9.95. The summed E-state index contributed by atoms with van der Waals surface area (Å²) in [6.07, 6.45) is 4.64. The molecule has 0 spiro atoms. The molecule has 2 fully saturated rings. The van der Waals surface area contributed by atoms with E-state index in [1.165, 1.54) is 0 Å². The van der Waals surface area contributed by atoms with Crippen molar-refractivity contribution >= 4 is 15.7 Å². The van der Waals surface area contributed by atoms with Gasteiger partial charge in [-0.15, -0.1) is 0 Å². The number of carbonyl (C=O) groups excluding carboxylic acids is 1. The first-order chi connectivity index (χ1) is 11.0. The molecular weight excluding hydrogens is 314 g/mol. The molecule has 0 unspecified atom stereocenters. The molecule has 3 heterocycles. The second-order valence-electron chi connectivity index (χ2n) is 6.37. The van der Waals surface area contributed by atoms with E-state index in [4.69, 9.17) is 0 Å². The van der Waals surface area contributed by atoms with Gasteiger partial charge in [-0.1, -0.05) is 13.0 Å². The van der Waals surface area contributed by atoms with Crippen LogP contribution in [0, 0.1) is 0 Å². The first-order valence-electron chi connectivity index (χ1n) is 8.13. The van der Waals surface area contributed by atoms with Crippen LogP contribution in [0.15, 0.2) is 24.5 Å². The number of carbonyl (C=O) groups is 1. The lowest BCUT2D eigenvalue weighted by molar-refractivity contribution is -0.136. The molecule has 2 saturated heterocycles. The maximum absolute atomic E-state index is 12.7. The molecule has 3 rings (SSSR count). The Kier molecular flexibility index (Phi) is 4.68. The van der Waals surface area contributed by atoms with Crippen molar-refractivity contribution in [3.8, 4) is 0 Å². The molecular formula is C16H23N3O3S. The zero-order chi connectivity index (χ0) is 16.4. The molecule has 2 atom stereocenters. The number of hydrogen-bond acceptors (Lipinski definition) is 5. The van der Waals surface area contributed by atoms with E-state index in [0.29, 0.717) is 6.54 Å². The maximum Gasteiger partial charge on any atom is 0.227 e. The van der Waals surface area contributed by atoms with Crippen LogP contribution in [0.1, 0.15) is 18.9 Å². The van der Waals surface area contributed by atoms with Gasteiger partial charge in [0.1, 0.15) is 0 Å². The number of pyridine rings is 1. The van der Waals surface area contributed by atoms with Crippen LogP contribution >= 0.6 is 0 Å². The van der Waals surface area contributed by atoms with Crippen molar-refractivity contribution in [3.05, 3.63) is 30.1 Å². The normalized spacial score (nSPS) is 26.9. The van der Waals surface area contributed by atoms with Crippen molar-refractivity contribution in [1.82, 2.24) is 14.8 Å². The average Bonchev–Trinajstić information content (AvgIpc) is 2.84. The minimum Gasteiger partial charge on any atom is -0.336 e. The Morgan fingerprint density at radius 3 is 2.78 bits per heavy atom. The largest absolute Gasteiger partial charge is 0.336 e. The molecule has 0 bridgehead atoms. The molecule has 7 heteroatoms. The number of fused-ring (bicyclic) bond motifs is 1. The van der Waals surface area contributed by atoms with Gasteiger partial charge in [0.2, 0.25) is 5.91 Å². The first kappa shape index (κ1) is 16.4. The monoisotopic (exact) mass is 337 g/mol. The summed E-state index contributed by atoms with van der Waals surface area (Å²) >= 11 is 0. The fourth-order valence-corrected chi connectivity index (χ4v) is 5.69. The van der Waals surface area contributed by atoms with E-state index in [1.807, 2.05) is 12.1 Å². The van der Waals surface area contributed by atoms with E-state index in [9.17, 15) is 13.2 Å². The van der Waals surface area contributed by atoms with Crippen LogP contribution in [-0.4, -0.2) is 72.3 Å². The summed E-state index contributed by atoms with van der Waals surface area (Å²) in [6, 6.07) is 3.43. The van der Waals surface area contributed by atoms with E-state index in [-0.39, 0.29) is 35.9 Å². The van der Waals surface area contributed by atoms with Crippen LogP contribution in [0.4, 0.5) is 0 Å². The van der Waals surface area contributed by atoms with Gasteiger partial charge in [-0.2, -0.15) is 0 Å². The number of rotatable bonds is 4. The zero-order valence-corrected chi connectivity index (χ0v) is 14.2. The molecule has 126 valence electrons. The van der Waals surface area contributed by atoms with E-state index in [2.05, 4.69) is 16.8 Å². The second-order valence-corrected chi connectivity index (χ2v) is 8.53. The zero-order valence-electron chi connectivity index (χ0n) is 13.4. The molecule has 2 aliphatic rings. The topological polar surface area (TPSA) is 70.6 Å². The summed E-state index contributed by atoms with van der Waals surface area (Å²) in [7, 11) is -3.07. The minimum absolute atomic E-state index is 0.00116. The Morgan fingerprint density at radius 2 is 2.09 bits per heavy atom. The molecule has 1 amide bonds. The van der Waals surface area contributed by atoms with E-state index in [0.717, 1.165) is 25.1 Å². The van der Waals surface area contributed by atoms with Gasteiger partial charge in [0, 0.05) is 31.5 Å². The lowest BCUT2D eigenvalue weighted by Crippen LogP contribution is -2.60. The van der Waals surface area contributed by atoms with Crippen molar-refractivity contribution in [2.75, 3.05) is 31.1 Å². The quantitative estimate of drug-likeness (QED) is 0.793. The summed E-state index contributed by atoms with van der Waals surface area (Å²) in [5.41, 5.74) is 0.867. The summed E-state index contributed by atoms with van der Waals surface area (Å²) in [5, 5.41) is 0. The highest BCUT2D eigenvalue weighted by Gasteiger charge is 2.47. The number of piperazine rings is 1. The average molecular weight is 337 g/mol. The maximum atomic E-state index is 12.7. The van der Waals surface area contributed by atoms with Gasteiger partial charge in [-0.05, 0) is 24.6 Å². The Hall–Kier alpha value is -1.47. The lowest BCUT2D eigenvalue weighted by atomic mass is 10.0. The van der Waals surface area contributed by atoms with Gasteiger partial charge in [0.15, 0.2) is 9.84 Å². The highest BCUT2D eigenvalue weighted by atomic mass is 32.2. The van der Waals surface area contributed by atoms with Gasteiger partial charge < -0.3 is 4.90 Å². The van der Waals surface area contributed by atoms with E-state index in [1.54, 1.807) is 17.3 Å². The van der Waals surface area contributed by atoms with Gasteiger partial charge in [-0.3, -0.25) is 14.7 Å². The minimum atomic E-state index is -3.07. The van der Waals surface area contributed by atoms with Gasteiger partial charge in [0.25, 0.3) is 0 Å². The van der Waals surface area contributed by atoms with Crippen LogP contribution in [0.5, 0.6) is 0 Å². The molecule has 0 aromatic carbocycles. The Bertz CT molecular complexity index is 662. The summed E-state index contributed by atoms with van der Waals surface area (Å²) in [5.74, 6) is 0.270. The number of amides is 1. The third-order valence-electron chi connectivity index (χ3n) is 4.70. The number of hydrogen-bond donors (Lipinski definition) is 0. The third kappa shape index (κ3) is 3.55. The van der Waals surface area contributed by atoms with Crippen molar-refractivity contribution < 1.29 is 13.2 Å². The number of nitrogens with zero attached hydrogens (tertiary/aromatic N) is 3. The van der Waals surface area contributed by atoms with Crippen LogP contribution < -0.4 is 0 Å². The van der Waals surface area contributed by atoms with Crippen molar-refractivity contribution in [1.29, 1.82) is 0 Å². The summed E-state index contributed by atoms with van der Waals surface area (Å²) in [4.78, 5) is 20.7.